The number of anilines is 1. The number of nitrogens with two attached hydrogens (primary N) is 1. The van der Waals surface area contributed by atoms with Gasteiger partial charge < -0.3 is 10.8 Å². The third kappa shape index (κ3) is 9.84. The standard InChI is InChI=1S/C15H14O2.C9H13N.C7H8O3S/c16-15(17)11-14(12-7-3-1-4-8-12)13-9-5-2-6-10-13;1-6-4-7(2)9(10)8(3)5-6;1-6-2-4-7(5-3-6)11(8,9)10/h1-10,14H,11H2,(H,16,17);4-5H,10H2,1-3H3;2-5H,1H3,(H,8,9,10). The lowest BCUT2D eigenvalue weighted by atomic mass is 9.89. The molecule has 38 heavy (non-hydrogen) atoms. The zero-order valence-corrected chi connectivity index (χ0v) is 22.9. The van der Waals surface area contributed by atoms with Gasteiger partial charge in [0, 0.05) is 11.6 Å². The molecule has 0 radical (unpaired) electrons. The van der Waals surface area contributed by atoms with Gasteiger partial charge in [-0.05, 0) is 62.1 Å². The Kier molecular flexibility index (Phi) is 11.3. The van der Waals surface area contributed by atoms with Crippen LogP contribution < -0.4 is 5.73 Å². The van der Waals surface area contributed by atoms with E-state index in [1.165, 1.54) is 28.8 Å². The monoisotopic (exact) mass is 533 g/mol. The molecule has 0 heterocycles. The van der Waals surface area contributed by atoms with E-state index in [-0.39, 0.29) is 17.2 Å². The van der Waals surface area contributed by atoms with Gasteiger partial charge in [0.25, 0.3) is 10.1 Å². The molecule has 0 fully saturated rings. The molecule has 4 aromatic rings. The third-order valence-electron chi connectivity index (χ3n) is 5.84. The maximum absolute atomic E-state index is 11.0. The average Bonchev–Trinajstić information content (AvgIpc) is 2.87. The molecule has 4 aromatic carbocycles. The lowest BCUT2D eigenvalue weighted by Crippen LogP contribution is -2.07. The number of hydrogen-bond donors (Lipinski definition) is 3. The molecule has 0 saturated heterocycles. The van der Waals surface area contributed by atoms with E-state index < -0.39 is 16.1 Å². The molecule has 4 rings (SSSR count). The molecule has 0 atom stereocenters. The fourth-order valence-corrected chi connectivity index (χ4v) is 4.35. The average molecular weight is 534 g/mol. The molecule has 0 saturated carbocycles. The van der Waals surface area contributed by atoms with Crippen LogP contribution in [0, 0.1) is 27.7 Å². The molecule has 0 spiro atoms. The number of carboxylic acids is 1. The van der Waals surface area contributed by atoms with Crippen LogP contribution in [0.3, 0.4) is 0 Å². The second-order valence-electron chi connectivity index (χ2n) is 9.07. The first-order valence-electron chi connectivity index (χ1n) is 12.1. The van der Waals surface area contributed by atoms with Gasteiger partial charge >= 0.3 is 5.97 Å². The van der Waals surface area contributed by atoms with E-state index in [4.69, 9.17) is 15.4 Å². The molecule has 0 unspecified atom stereocenters. The van der Waals surface area contributed by atoms with Crippen LogP contribution in [0.25, 0.3) is 0 Å². The Bertz CT molecular complexity index is 1360. The van der Waals surface area contributed by atoms with Crippen molar-refractivity contribution in [2.45, 2.75) is 44.9 Å². The summed E-state index contributed by atoms with van der Waals surface area (Å²) >= 11 is 0. The van der Waals surface area contributed by atoms with Crippen molar-refractivity contribution < 1.29 is 22.9 Å². The zero-order chi connectivity index (χ0) is 28.3. The van der Waals surface area contributed by atoms with Crippen LogP contribution >= 0.6 is 0 Å². The number of carbonyl (C=O) groups is 1. The first kappa shape index (κ1) is 30.3. The van der Waals surface area contributed by atoms with E-state index in [9.17, 15) is 13.2 Å². The van der Waals surface area contributed by atoms with Crippen molar-refractivity contribution in [1.82, 2.24) is 0 Å². The highest BCUT2D eigenvalue weighted by Crippen LogP contribution is 2.27. The van der Waals surface area contributed by atoms with Gasteiger partial charge in [0.05, 0.1) is 11.3 Å². The van der Waals surface area contributed by atoms with E-state index in [2.05, 4.69) is 19.1 Å². The van der Waals surface area contributed by atoms with Gasteiger partial charge in [0.15, 0.2) is 0 Å². The largest absolute Gasteiger partial charge is 0.481 e. The number of aliphatic carboxylic acids is 1. The van der Waals surface area contributed by atoms with E-state index in [1.807, 2.05) is 81.4 Å². The molecule has 7 heteroatoms. The van der Waals surface area contributed by atoms with Gasteiger partial charge in [-0.3, -0.25) is 9.35 Å². The van der Waals surface area contributed by atoms with Crippen molar-refractivity contribution in [2.24, 2.45) is 0 Å². The molecule has 200 valence electrons. The maximum Gasteiger partial charge on any atom is 0.304 e. The Morgan fingerprint density at radius 2 is 1.16 bits per heavy atom. The fraction of sp³-hybridized carbons (Fsp3) is 0.194. The van der Waals surface area contributed by atoms with Crippen LogP contribution in [0.5, 0.6) is 0 Å². The molecule has 0 aromatic heterocycles. The SMILES string of the molecule is Cc1cc(C)c(N)c(C)c1.Cc1ccc(S(=O)(=O)O)cc1.O=C(O)CC(c1ccccc1)c1ccccc1. The van der Waals surface area contributed by atoms with E-state index in [1.54, 1.807) is 12.1 Å². The smallest absolute Gasteiger partial charge is 0.304 e. The third-order valence-corrected chi connectivity index (χ3v) is 6.71. The quantitative estimate of drug-likeness (QED) is 0.193. The van der Waals surface area contributed by atoms with Crippen molar-refractivity contribution in [3.8, 4) is 0 Å². The van der Waals surface area contributed by atoms with Crippen molar-refractivity contribution in [2.75, 3.05) is 5.73 Å². The van der Waals surface area contributed by atoms with E-state index >= 15 is 0 Å². The highest BCUT2D eigenvalue weighted by atomic mass is 32.2. The first-order chi connectivity index (χ1) is 17.9. The highest BCUT2D eigenvalue weighted by Gasteiger charge is 2.17. The van der Waals surface area contributed by atoms with Crippen molar-refractivity contribution in [1.29, 1.82) is 0 Å². The van der Waals surface area contributed by atoms with Gasteiger partial charge in [-0.1, -0.05) is 96.1 Å². The molecule has 0 aliphatic heterocycles. The topological polar surface area (TPSA) is 118 Å². The predicted octanol–water partition coefficient (Wildman–Crippen LogP) is 6.73. The van der Waals surface area contributed by atoms with Crippen molar-refractivity contribution in [3.05, 3.63) is 130 Å². The summed E-state index contributed by atoms with van der Waals surface area (Å²) in [5, 5.41) is 9.01. The molecule has 0 bridgehead atoms. The van der Waals surface area contributed by atoms with E-state index in [0.717, 1.165) is 22.4 Å². The predicted molar refractivity (Wildman–Crippen MR) is 153 cm³/mol. The Morgan fingerprint density at radius 1 is 0.737 bits per heavy atom. The second-order valence-corrected chi connectivity index (χ2v) is 10.5. The number of benzene rings is 4. The fourth-order valence-electron chi connectivity index (χ4n) is 3.87. The number of rotatable bonds is 5. The highest BCUT2D eigenvalue weighted by molar-refractivity contribution is 7.85. The van der Waals surface area contributed by atoms with Crippen molar-refractivity contribution >= 4 is 21.8 Å². The molecule has 0 amide bonds. The Hall–Kier alpha value is -3.94. The minimum atomic E-state index is -4.02. The summed E-state index contributed by atoms with van der Waals surface area (Å²) < 4.78 is 29.6. The van der Waals surface area contributed by atoms with Gasteiger partial charge in [0.1, 0.15) is 0 Å². The van der Waals surface area contributed by atoms with Gasteiger partial charge in [-0.15, -0.1) is 0 Å². The molecular formula is C31H35NO5S. The Morgan fingerprint density at radius 3 is 1.53 bits per heavy atom. The van der Waals surface area contributed by atoms with E-state index in [0.29, 0.717) is 0 Å². The molecule has 0 aliphatic rings. The van der Waals surface area contributed by atoms with Crippen LogP contribution in [-0.4, -0.2) is 24.0 Å². The lowest BCUT2D eigenvalue weighted by molar-refractivity contribution is -0.137. The summed E-state index contributed by atoms with van der Waals surface area (Å²) in [6, 6.07) is 29.7. The summed E-state index contributed by atoms with van der Waals surface area (Å²) in [6.07, 6.45) is 0.119. The lowest BCUT2D eigenvalue weighted by Gasteiger charge is -2.15. The normalized spacial score (nSPS) is 10.6. The summed E-state index contributed by atoms with van der Waals surface area (Å²) in [5.74, 6) is -0.849. The van der Waals surface area contributed by atoms with Gasteiger partial charge in [-0.2, -0.15) is 8.42 Å². The summed E-state index contributed by atoms with van der Waals surface area (Å²) in [6.45, 7) is 8.00. The minimum Gasteiger partial charge on any atom is -0.481 e. The summed E-state index contributed by atoms with van der Waals surface area (Å²) in [4.78, 5) is 10.9. The van der Waals surface area contributed by atoms with Gasteiger partial charge in [-0.25, -0.2) is 0 Å². The Labute approximate surface area is 225 Å². The second kappa shape index (κ2) is 14.1. The Balaban J connectivity index is 0.000000211. The van der Waals surface area contributed by atoms with Crippen molar-refractivity contribution in [3.63, 3.8) is 0 Å². The molecule has 4 N–H and O–H groups in total. The first-order valence-corrected chi connectivity index (χ1v) is 13.5. The van der Waals surface area contributed by atoms with Crippen LogP contribution in [0.1, 0.15) is 45.7 Å². The number of carboxylic acid groups (broad SMARTS) is 1. The zero-order valence-electron chi connectivity index (χ0n) is 22.1. The van der Waals surface area contributed by atoms with Crippen LogP contribution in [0.2, 0.25) is 0 Å². The number of nitrogen functional groups attached to an aromatic ring is 1. The van der Waals surface area contributed by atoms with Crippen LogP contribution in [0.4, 0.5) is 5.69 Å². The van der Waals surface area contributed by atoms with Crippen LogP contribution in [-0.2, 0) is 14.9 Å². The summed E-state index contributed by atoms with van der Waals surface area (Å²) in [7, 11) is -4.02. The van der Waals surface area contributed by atoms with Gasteiger partial charge in [0.2, 0.25) is 0 Å². The van der Waals surface area contributed by atoms with Crippen LogP contribution in [0.15, 0.2) is 102 Å². The minimum absolute atomic E-state index is 0.0666. The molecule has 6 nitrogen and oxygen atoms in total. The summed E-state index contributed by atoms with van der Waals surface area (Å²) in [5.41, 5.74) is 13.4. The molecule has 0 aliphatic carbocycles. The number of aryl methyl sites for hydroxylation is 4. The molecular weight excluding hydrogens is 498 g/mol. The number of hydrogen-bond acceptors (Lipinski definition) is 4. The maximum atomic E-state index is 11.0.